The van der Waals surface area contributed by atoms with Gasteiger partial charge in [0, 0.05) is 26.7 Å². The molecule has 6 nitrogen and oxygen atoms in total. The topological polar surface area (TPSA) is 75.4 Å². The van der Waals surface area contributed by atoms with E-state index in [0.717, 1.165) is 12.1 Å². The molecule has 0 saturated carbocycles. The van der Waals surface area contributed by atoms with Gasteiger partial charge in [-0.25, -0.2) is 8.42 Å². The number of aryl methyl sites for hydroxylation is 2. The Bertz CT molecular complexity index is 638. The molecule has 0 radical (unpaired) electrons. The Hall–Kier alpha value is -0.920. The molecule has 0 aliphatic carbocycles. The van der Waals surface area contributed by atoms with Crippen LogP contribution in [0, 0.1) is 5.41 Å². The highest BCUT2D eigenvalue weighted by Crippen LogP contribution is 2.37. The molecule has 1 aliphatic rings. The highest BCUT2D eigenvalue weighted by molar-refractivity contribution is 7.89. The molecule has 1 aromatic rings. The summed E-state index contributed by atoms with van der Waals surface area (Å²) >= 11 is 0. The van der Waals surface area contributed by atoms with Crippen molar-refractivity contribution in [1.82, 2.24) is 14.1 Å². The predicted octanol–water partition coefficient (Wildman–Crippen LogP) is 1.72. The van der Waals surface area contributed by atoms with Crippen LogP contribution in [0.5, 0.6) is 0 Å². The van der Waals surface area contributed by atoms with Crippen LogP contribution in [0.2, 0.25) is 0 Å². The van der Waals surface area contributed by atoms with Gasteiger partial charge in [-0.1, -0.05) is 20.8 Å². The first-order valence-corrected chi connectivity index (χ1v) is 9.95. The summed E-state index contributed by atoms with van der Waals surface area (Å²) < 4.78 is 29.6. The van der Waals surface area contributed by atoms with Crippen LogP contribution in [0.15, 0.2) is 4.90 Å². The Morgan fingerprint density at radius 2 is 1.78 bits per heavy atom. The standard InChI is InChI=1S/C16H29N3O3S/c1-5-13-15(14(6-2)18(4)17-13)23(21,22)19-10-8-16(7-3,12-20)9-11-19/h20H,5-12H2,1-4H3. The van der Waals surface area contributed by atoms with E-state index in [1.807, 2.05) is 13.8 Å². The Kier molecular flexibility index (Phi) is 5.53. The smallest absolute Gasteiger partial charge is 0.246 e. The molecule has 2 rings (SSSR count). The SMILES string of the molecule is CCc1nn(C)c(CC)c1S(=O)(=O)N1CCC(CC)(CO)CC1. The van der Waals surface area contributed by atoms with Gasteiger partial charge in [0.25, 0.3) is 0 Å². The number of aliphatic hydroxyl groups excluding tert-OH is 1. The zero-order valence-corrected chi connectivity index (χ0v) is 15.5. The van der Waals surface area contributed by atoms with Crippen molar-refractivity contribution in [2.24, 2.45) is 12.5 Å². The van der Waals surface area contributed by atoms with Crippen molar-refractivity contribution in [3.63, 3.8) is 0 Å². The third-order valence-corrected chi connectivity index (χ3v) is 7.35. The number of aromatic nitrogens is 2. The second-order valence-corrected chi connectivity index (χ2v) is 8.34. The first-order chi connectivity index (χ1) is 10.8. The molecule has 1 aliphatic heterocycles. The predicted molar refractivity (Wildman–Crippen MR) is 89.8 cm³/mol. The van der Waals surface area contributed by atoms with Gasteiger partial charge in [0.2, 0.25) is 10.0 Å². The third kappa shape index (κ3) is 3.19. The lowest BCUT2D eigenvalue weighted by Crippen LogP contribution is -2.44. The van der Waals surface area contributed by atoms with E-state index in [1.165, 1.54) is 0 Å². The van der Waals surface area contributed by atoms with Crippen LogP contribution in [0.3, 0.4) is 0 Å². The van der Waals surface area contributed by atoms with Gasteiger partial charge in [-0.3, -0.25) is 4.68 Å². The quantitative estimate of drug-likeness (QED) is 0.853. The second-order valence-electron chi connectivity index (χ2n) is 6.47. The summed E-state index contributed by atoms with van der Waals surface area (Å²) in [6, 6.07) is 0. The van der Waals surface area contributed by atoms with E-state index in [4.69, 9.17) is 0 Å². The molecule has 23 heavy (non-hydrogen) atoms. The van der Waals surface area contributed by atoms with Crippen LogP contribution in [0.1, 0.15) is 51.4 Å². The third-order valence-electron chi connectivity index (χ3n) is 5.32. The molecular formula is C16H29N3O3S. The summed E-state index contributed by atoms with van der Waals surface area (Å²) in [5, 5.41) is 14.0. The second kappa shape index (κ2) is 6.91. The van der Waals surface area contributed by atoms with E-state index in [1.54, 1.807) is 16.0 Å². The number of hydrogen-bond acceptors (Lipinski definition) is 4. The van der Waals surface area contributed by atoms with Gasteiger partial charge in [0.15, 0.2) is 0 Å². The summed E-state index contributed by atoms with van der Waals surface area (Å²) in [5.41, 5.74) is 1.30. The molecule has 0 unspecified atom stereocenters. The monoisotopic (exact) mass is 343 g/mol. The van der Waals surface area contributed by atoms with Crippen LogP contribution in [0.4, 0.5) is 0 Å². The van der Waals surface area contributed by atoms with Crippen molar-refractivity contribution in [3.05, 3.63) is 11.4 Å². The number of nitrogens with zero attached hydrogens (tertiary/aromatic N) is 3. The lowest BCUT2D eigenvalue weighted by molar-refractivity contribution is 0.0647. The molecule has 0 amide bonds. The molecule has 0 atom stereocenters. The lowest BCUT2D eigenvalue weighted by atomic mass is 9.77. The highest BCUT2D eigenvalue weighted by Gasteiger charge is 2.39. The fraction of sp³-hybridized carbons (Fsp3) is 0.812. The van der Waals surface area contributed by atoms with Gasteiger partial charge in [-0.05, 0) is 37.5 Å². The van der Waals surface area contributed by atoms with Crippen LogP contribution in [0.25, 0.3) is 0 Å². The molecule has 1 aromatic heterocycles. The minimum atomic E-state index is -3.52. The number of piperidine rings is 1. The molecular weight excluding hydrogens is 314 g/mol. The molecule has 1 fully saturated rings. The van der Waals surface area contributed by atoms with Crippen molar-refractivity contribution >= 4 is 10.0 Å². The molecule has 2 heterocycles. The molecule has 7 heteroatoms. The van der Waals surface area contributed by atoms with Gasteiger partial charge in [-0.15, -0.1) is 0 Å². The Balaban J connectivity index is 2.34. The first-order valence-electron chi connectivity index (χ1n) is 8.51. The molecule has 132 valence electrons. The Labute approximate surface area is 139 Å². The Morgan fingerprint density at radius 1 is 1.17 bits per heavy atom. The van der Waals surface area contributed by atoms with E-state index >= 15 is 0 Å². The Morgan fingerprint density at radius 3 is 2.22 bits per heavy atom. The van der Waals surface area contributed by atoms with E-state index in [2.05, 4.69) is 12.0 Å². The summed E-state index contributed by atoms with van der Waals surface area (Å²) in [5.74, 6) is 0. The van der Waals surface area contributed by atoms with Crippen molar-refractivity contribution in [3.8, 4) is 0 Å². The summed E-state index contributed by atoms with van der Waals surface area (Å²) in [4.78, 5) is 0.401. The van der Waals surface area contributed by atoms with Crippen molar-refractivity contribution in [2.45, 2.75) is 57.8 Å². The van der Waals surface area contributed by atoms with Crippen molar-refractivity contribution < 1.29 is 13.5 Å². The first kappa shape index (κ1) is 18.4. The minimum Gasteiger partial charge on any atom is -0.396 e. The van der Waals surface area contributed by atoms with E-state index in [0.29, 0.717) is 49.4 Å². The summed E-state index contributed by atoms with van der Waals surface area (Å²) in [7, 11) is -1.72. The number of aliphatic hydroxyl groups is 1. The van der Waals surface area contributed by atoms with Crippen LogP contribution in [-0.2, 0) is 29.9 Å². The normalized spacial score (nSPS) is 19.2. The van der Waals surface area contributed by atoms with E-state index in [-0.39, 0.29) is 12.0 Å². The summed E-state index contributed by atoms with van der Waals surface area (Å²) in [6.07, 6.45) is 3.54. The number of sulfonamides is 1. The van der Waals surface area contributed by atoms with E-state index < -0.39 is 10.0 Å². The maximum absolute atomic E-state index is 13.2. The highest BCUT2D eigenvalue weighted by atomic mass is 32.2. The van der Waals surface area contributed by atoms with E-state index in [9.17, 15) is 13.5 Å². The number of rotatable bonds is 6. The zero-order chi connectivity index (χ0) is 17.3. The van der Waals surface area contributed by atoms with Crippen LogP contribution in [-0.4, -0.2) is 47.3 Å². The number of hydrogen-bond donors (Lipinski definition) is 1. The fourth-order valence-corrected chi connectivity index (χ4v) is 5.45. The van der Waals surface area contributed by atoms with Crippen LogP contribution < -0.4 is 0 Å². The molecule has 0 bridgehead atoms. The van der Waals surface area contributed by atoms with Gasteiger partial charge >= 0.3 is 0 Å². The molecule has 1 saturated heterocycles. The largest absolute Gasteiger partial charge is 0.396 e. The average molecular weight is 343 g/mol. The van der Waals surface area contributed by atoms with Gasteiger partial charge in [0.05, 0.1) is 11.4 Å². The van der Waals surface area contributed by atoms with Gasteiger partial charge < -0.3 is 5.11 Å². The van der Waals surface area contributed by atoms with Crippen molar-refractivity contribution in [1.29, 1.82) is 0 Å². The minimum absolute atomic E-state index is 0.123. The zero-order valence-electron chi connectivity index (χ0n) is 14.7. The van der Waals surface area contributed by atoms with Crippen LogP contribution >= 0.6 is 0 Å². The van der Waals surface area contributed by atoms with Gasteiger partial charge in [-0.2, -0.15) is 9.40 Å². The summed E-state index contributed by atoms with van der Waals surface area (Å²) in [6.45, 7) is 7.02. The van der Waals surface area contributed by atoms with Crippen molar-refractivity contribution in [2.75, 3.05) is 19.7 Å². The average Bonchev–Trinajstić information content (AvgIpc) is 2.91. The molecule has 0 spiro atoms. The molecule has 1 N–H and O–H groups in total. The fourth-order valence-electron chi connectivity index (χ4n) is 3.47. The lowest BCUT2D eigenvalue weighted by Gasteiger charge is -2.39. The van der Waals surface area contributed by atoms with Gasteiger partial charge in [0.1, 0.15) is 4.90 Å². The maximum Gasteiger partial charge on any atom is 0.246 e. The maximum atomic E-state index is 13.2. The molecule has 0 aromatic carbocycles.